The molecule has 1 saturated heterocycles. The van der Waals surface area contributed by atoms with E-state index in [0.29, 0.717) is 23.1 Å². The van der Waals surface area contributed by atoms with Crippen LogP contribution in [0.5, 0.6) is 0 Å². The van der Waals surface area contributed by atoms with E-state index < -0.39 is 4.92 Å². The Balaban J connectivity index is 1.69. The van der Waals surface area contributed by atoms with E-state index in [4.69, 9.17) is 0 Å². The third-order valence-corrected chi connectivity index (χ3v) is 4.69. The van der Waals surface area contributed by atoms with Gasteiger partial charge in [-0.25, -0.2) is 4.98 Å². The number of amides is 1. The summed E-state index contributed by atoms with van der Waals surface area (Å²) < 4.78 is 0.370. The Bertz CT molecular complexity index is 761. The van der Waals surface area contributed by atoms with Crippen molar-refractivity contribution in [2.45, 2.75) is 0 Å². The second-order valence-electron chi connectivity index (χ2n) is 5.46. The van der Waals surface area contributed by atoms with Crippen molar-refractivity contribution in [1.29, 1.82) is 0 Å². The van der Waals surface area contributed by atoms with Crippen molar-refractivity contribution in [2.75, 3.05) is 31.1 Å². The van der Waals surface area contributed by atoms with Gasteiger partial charge in [0.15, 0.2) is 12.4 Å². The van der Waals surface area contributed by atoms with E-state index in [9.17, 15) is 14.9 Å². The number of rotatable bonds is 3. The van der Waals surface area contributed by atoms with Crippen LogP contribution in [0.1, 0.15) is 10.4 Å². The molecule has 0 saturated carbocycles. The van der Waals surface area contributed by atoms with Gasteiger partial charge in [-0.3, -0.25) is 14.9 Å². The molecular weight excluding hydrogens is 376 g/mol. The Morgan fingerprint density at radius 3 is 2.42 bits per heavy atom. The van der Waals surface area contributed by atoms with Crippen LogP contribution in [0.4, 0.5) is 11.4 Å². The van der Waals surface area contributed by atoms with Crippen LogP contribution < -0.4 is 9.88 Å². The number of hydrogen-bond donors (Lipinski definition) is 0. The van der Waals surface area contributed by atoms with Gasteiger partial charge in [0.2, 0.25) is 0 Å². The molecule has 2 aromatic rings. The van der Waals surface area contributed by atoms with Gasteiger partial charge in [0.1, 0.15) is 0 Å². The number of H-pyrrole nitrogens is 1. The van der Waals surface area contributed by atoms with Gasteiger partial charge in [0.05, 0.1) is 9.40 Å². The van der Waals surface area contributed by atoms with Crippen LogP contribution in [0.2, 0.25) is 0 Å². The summed E-state index contributed by atoms with van der Waals surface area (Å²) in [6, 6.07) is 8.47. The molecular formula is C16H16BrN4O3+. The lowest BCUT2D eigenvalue weighted by Crippen LogP contribution is -2.48. The lowest BCUT2D eigenvalue weighted by molar-refractivity contribution is -0.385. The summed E-state index contributed by atoms with van der Waals surface area (Å²) in [5, 5.41) is 11.0. The third-order valence-electron chi connectivity index (χ3n) is 4.02. The highest BCUT2D eigenvalue weighted by Crippen LogP contribution is 2.26. The molecule has 1 aliphatic heterocycles. The lowest BCUT2D eigenvalue weighted by Gasteiger charge is -2.35. The van der Waals surface area contributed by atoms with Crippen LogP contribution in [-0.4, -0.2) is 41.9 Å². The average Bonchev–Trinajstić information content (AvgIpc) is 2.62. The zero-order valence-corrected chi connectivity index (χ0v) is 14.4. The van der Waals surface area contributed by atoms with Gasteiger partial charge in [-0.2, -0.15) is 0 Å². The van der Waals surface area contributed by atoms with Crippen LogP contribution in [0, 0.1) is 10.1 Å². The summed E-state index contributed by atoms with van der Waals surface area (Å²) in [4.78, 5) is 30.0. The first kappa shape index (κ1) is 16.4. The van der Waals surface area contributed by atoms with Crippen molar-refractivity contribution in [3.05, 3.63) is 62.9 Å². The number of carbonyl (C=O) groups excluding carboxylic acids is 1. The monoisotopic (exact) mass is 391 g/mol. The third kappa shape index (κ3) is 3.38. The molecule has 7 nitrogen and oxygen atoms in total. The van der Waals surface area contributed by atoms with E-state index in [1.165, 1.54) is 6.07 Å². The predicted octanol–water partition coefficient (Wildman–Crippen LogP) is 2.13. The molecule has 8 heteroatoms. The molecule has 0 bridgehead atoms. The number of nitro groups is 1. The van der Waals surface area contributed by atoms with E-state index in [-0.39, 0.29) is 11.6 Å². The first-order valence-electron chi connectivity index (χ1n) is 7.50. The van der Waals surface area contributed by atoms with Crippen molar-refractivity contribution >= 4 is 33.2 Å². The Morgan fingerprint density at radius 1 is 1.12 bits per heavy atom. The van der Waals surface area contributed by atoms with E-state index >= 15 is 0 Å². The number of nitrogens with one attached hydrogen (secondary N) is 1. The minimum atomic E-state index is -0.495. The number of piperazine rings is 1. The van der Waals surface area contributed by atoms with Crippen molar-refractivity contribution in [2.24, 2.45) is 0 Å². The maximum Gasteiger partial charge on any atom is 0.284 e. The maximum atomic E-state index is 12.6. The number of aromatic nitrogens is 1. The smallest absolute Gasteiger partial charge is 0.284 e. The number of pyridine rings is 1. The van der Waals surface area contributed by atoms with Crippen molar-refractivity contribution in [1.82, 2.24) is 4.90 Å². The number of nitro benzene ring substituents is 1. The van der Waals surface area contributed by atoms with Crippen LogP contribution in [0.15, 0.2) is 47.2 Å². The van der Waals surface area contributed by atoms with Crippen LogP contribution in [-0.2, 0) is 0 Å². The highest BCUT2D eigenvalue weighted by molar-refractivity contribution is 9.10. The molecule has 24 heavy (non-hydrogen) atoms. The predicted molar refractivity (Wildman–Crippen MR) is 91.9 cm³/mol. The molecule has 3 rings (SSSR count). The quantitative estimate of drug-likeness (QED) is 0.592. The topological polar surface area (TPSA) is 80.8 Å². The van der Waals surface area contributed by atoms with Crippen LogP contribution in [0.25, 0.3) is 0 Å². The minimum Gasteiger partial charge on any atom is -0.368 e. The molecule has 1 amide bonds. The second kappa shape index (κ2) is 6.96. The van der Waals surface area contributed by atoms with Gasteiger partial charge in [0, 0.05) is 55.6 Å². The van der Waals surface area contributed by atoms with Crippen LogP contribution in [0.3, 0.4) is 0 Å². The normalized spacial score (nSPS) is 14.5. The first-order valence-corrected chi connectivity index (χ1v) is 8.30. The Labute approximate surface area is 147 Å². The fourth-order valence-corrected chi connectivity index (χ4v) is 3.12. The summed E-state index contributed by atoms with van der Waals surface area (Å²) in [7, 11) is 0. The van der Waals surface area contributed by atoms with Crippen molar-refractivity contribution < 1.29 is 14.7 Å². The van der Waals surface area contributed by atoms with Gasteiger partial charge in [0.25, 0.3) is 11.6 Å². The molecule has 1 aromatic carbocycles. The van der Waals surface area contributed by atoms with E-state index in [2.05, 4.69) is 25.8 Å². The van der Waals surface area contributed by atoms with Gasteiger partial charge < -0.3 is 9.80 Å². The molecule has 1 N–H and O–H groups in total. The molecule has 2 heterocycles. The zero-order chi connectivity index (χ0) is 17.1. The van der Waals surface area contributed by atoms with Gasteiger partial charge in [-0.05, 0) is 28.1 Å². The average molecular weight is 392 g/mol. The number of hydrogen-bond acceptors (Lipinski definition) is 4. The van der Waals surface area contributed by atoms with Crippen molar-refractivity contribution in [3.63, 3.8) is 0 Å². The summed E-state index contributed by atoms with van der Waals surface area (Å²) in [5.41, 5.74) is 1.35. The van der Waals surface area contributed by atoms with E-state index in [1.54, 1.807) is 17.0 Å². The molecule has 0 spiro atoms. The van der Waals surface area contributed by atoms with Gasteiger partial charge in [-0.15, -0.1) is 0 Å². The SMILES string of the molecule is O=C(c1ccc(Br)c([N+](=O)[O-])c1)N1CCN(c2cc[nH+]cc2)CC1. The largest absolute Gasteiger partial charge is 0.368 e. The number of aromatic amines is 1. The number of halogens is 1. The summed E-state index contributed by atoms with van der Waals surface area (Å²) >= 11 is 3.13. The molecule has 0 aliphatic carbocycles. The molecule has 124 valence electrons. The second-order valence-corrected chi connectivity index (χ2v) is 6.32. The fourth-order valence-electron chi connectivity index (χ4n) is 2.72. The highest BCUT2D eigenvalue weighted by Gasteiger charge is 2.24. The molecule has 0 unspecified atom stereocenters. The zero-order valence-electron chi connectivity index (χ0n) is 12.8. The molecule has 1 aliphatic rings. The number of anilines is 1. The molecule has 0 atom stereocenters. The molecule has 1 aromatic heterocycles. The fraction of sp³-hybridized carbons (Fsp3) is 0.250. The van der Waals surface area contributed by atoms with Gasteiger partial charge >= 0.3 is 0 Å². The summed E-state index contributed by atoms with van der Waals surface area (Å²) in [6.45, 7) is 2.63. The molecule has 0 radical (unpaired) electrons. The van der Waals surface area contributed by atoms with Crippen molar-refractivity contribution in [3.8, 4) is 0 Å². The van der Waals surface area contributed by atoms with E-state index in [0.717, 1.165) is 18.8 Å². The Morgan fingerprint density at radius 2 is 1.79 bits per heavy atom. The number of nitrogens with zero attached hydrogens (tertiary/aromatic N) is 3. The Kier molecular flexibility index (Phi) is 4.75. The minimum absolute atomic E-state index is 0.0972. The summed E-state index contributed by atoms with van der Waals surface area (Å²) in [5.74, 6) is -0.174. The van der Waals surface area contributed by atoms with Gasteiger partial charge in [-0.1, -0.05) is 0 Å². The first-order chi connectivity index (χ1) is 11.6. The maximum absolute atomic E-state index is 12.6. The summed E-state index contributed by atoms with van der Waals surface area (Å²) in [6.07, 6.45) is 3.74. The molecule has 1 fully saturated rings. The number of benzene rings is 1. The van der Waals surface area contributed by atoms with E-state index in [1.807, 2.05) is 24.5 Å². The number of carbonyl (C=O) groups is 1. The standard InChI is InChI=1S/C16H15BrN4O3/c17-14-2-1-12(11-15(14)21(23)24)16(22)20-9-7-19(8-10-20)13-3-5-18-6-4-13/h1-6,11H,7-10H2/p+1. The highest BCUT2D eigenvalue weighted by atomic mass is 79.9. The van der Waals surface area contributed by atoms with Crippen LogP contribution >= 0.6 is 15.9 Å². The Hall–Kier alpha value is -2.48. The lowest BCUT2D eigenvalue weighted by atomic mass is 10.1.